The van der Waals surface area contributed by atoms with Crippen molar-refractivity contribution >= 4 is 0 Å². The summed E-state index contributed by atoms with van der Waals surface area (Å²) in [5.41, 5.74) is -1.81. The zero-order valence-electron chi connectivity index (χ0n) is 8.74. The van der Waals surface area contributed by atoms with E-state index in [1.165, 1.54) is 6.92 Å². The number of nitrogens with zero attached hydrogens (tertiary/aromatic N) is 2. The van der Waals surface area contributed by atoms with Crippen LogP contribution in [0.5, 0.6) is 0 Å². The first-order valence-corrected chi connectivity index (χ1v) is 4.67. The second-order valence-electron chi connectivity index (χ2n) is 3.67. The van der Waals surface area contributed by atoms with Crippen LogP contribution in [0, 0.1) is 32.8 Å². The lowest BCUT2D eigenvalue weighted by Crippen LogP contribution is -2.42. The third-order valence-electron chi connectivity index (χ3n) is 2.86. The van der Waals surface area contributed by atoms with Gasteiger partial charge in [0, 0.05) is 4.92 Å². The van der Waals surface area contributed by atoms with Gasteiger partial charge in [-0.15, -0.1) is 0 Å². The summed E-state index contributed by atoms with van der Waals surface area (Å²) in [5.74, 6) is -0.553. The highest BCUT2D eigenvalue weighted by atomic mass is 19.3. The third kappa shape index (κ3) is 3.11. The molecule has 6 heteroatoms. The van der Waals surface area contributed by atoms with Gasteiger partial charge in [-0.2, -0.15) is 5.26 Å². The Kier molecular flexibility index (Phi) is 5.12. The number of alkyl halides is 2. The van der Waals surface area contributed by atoms with Crippen molar-refractivity contribution in [3.63, 3.8) is 0 Å². The minimum absolute atomic E-state index is 0.389. The van der Waals surface area contributed by atoms with E-state index in [1.54, 1.807) is 13.0 Å². The lowest BCUT2D eigenvalue weighted by atomic mass is 9.73. The lowest BCUT2D eigenvalue weighted by molar-refractivity contribution is -0.505. The first kappa shape index (κ1) is 13.8. The van der Waals surface area contributed by atoms with Gasteiger partial charge in [0.25, 0.3) is 6.43 Å². The highest BCUT2D eigenvalue weighted by molar-refractivity contribution is 4.93. The molecule has 0 radical (unpaired) electrons. The van der Waals surface area contributed by atoms with Crippen LogP contribution in [0.15, 0.2) is 0 Å². The lowest BCUT2D eigenvalue weighted by Gasteiger charge is -2.32. The smallest absolute Gasteiger partial charge is 0.251 e. The van der Waals surface area contributed by atoms with Gasteiger partial charge >= 0.3 is 0 Å². The van der Waals surface area contributed by atoms with E-state index in [9.17, 15) is 18.9 Å². The molecule has 2 unspecified atom stereocenters. The molecule has 0 aliphatic carbocycles. The summed E-state index contributed by atoms with van der Waals surface area (Å²) >= 11 is 0. The van der Waals surface area contributed by atoms with Crippen LogP contribution in [0.1, 0.15) is 26.7 Å². The Morgan fingerprint density at radius 1 is 1.60 bits per heavy atom. The topological polar surface area (TPSA) is 66.9 Å². The summed E-state index contributed by atoms with van der Waals surface area (Å²) in [4.78, 5) is 9.61. The first-order valence-electron chi connectivity index (χ1n) is 4.67. The maximum absolute atomic E-state index is 12.9. The number of hydrogen-bond acceptors (Lipinski definition) is 3. The summed E-state index contributed by atoms with van der Waals surface area (Å²) in [6.07, 6.45) is -2.95. The molecule has 0 saturated carbocycles. The summed E-state index contributed by atoms with van der Waals surface area (Å²) in [6.45, 7) is 2.35. The highest BCUT2D eigenvalue weighted by Crippen LogP contribution is 2.39. The van der Waals surface area contributed by atoms with Crippen molar-refractivity contribution in [2.24, 2.45) is 11.3 Å². The van der Waals surface area contributed by atoms with Gasteiger partial charge in [-0.3, -0.25) is 10.1 Å². The van der Waals surface area contributed by atoms with Crippen molar-refractivity contribution in [2.75, 3.05) is 6.54 Å². The van der Waals surface area contributed by atoms with Crippen molar-refractivity contribution in [2.45, 2.75) is 33.1 Å². The minimum atomic E-state index is -2.85. The zero-order chi connectivity index (χ0) is 12.1. The van der Waals surface area contributed by atoms with E-state index in [0.717, 1.165) is 0 Å². The standard InChI is InChI=1S/C9H14F2N2O2/c1-3-7(2)9(4-5-12,8(10)11)6-13(14)15/h7-8H,3-4,6H2,1-2H3. The summed E-state index contributed by atoms with van der Waals surface area (Å²) in [5, 5.41) is 18.9. The molecule has 0 aromatic rings. The molecule has 0 rings (SSSR count). The van der Waals surface area contributed by atoms with Gasteiger partial charge in [-0.1, -0.05) is 20.3 Å². The van der Waals surface area contributed by atoms with Crippen molar-refractivity contribution in [1.82, 2.24) is 0 Å². The Labute approximate surface area is 87.0 Å². The van der Waals surface area contributed by atoms with Gasteiger partial charge in [0.2, 0.25) is 6.54 Å². The van der Waals surface area contributed by atoms with E-state index in [1.807, 2.05) is 0 Å². The fourth-order valence-corrected chi connectivity index (χ4v) is 1.54. The molecule has 0 amide bonds. The zero-order valence-corrected chi connectivity index (χ0v) is 8.74. The molecule has 0 spiro atoms. The third-order valence-corrected chi connectivity index (χ3v) is 2.86. The minimum Gasteiger partial charge on any atom is -0.265 e. The second kappa shape index (κ2) is 5.59. The van der Waals surface area contributed by atoms with Gasteiger partial charge in [-0.05, 0) is 5.92 Å². The van der Waals surface area contributed by atoms with E-state index < -0.39 is 35.6 Å². The molecule has 0 saturated heterocycles. The average Bonchev–Trinajstić information content (AvgIpc) is 2.14. The fraction of sp³-hybridized carbons (Fsp3) is 0.889. The number of hydrogen-bond donors (Lipinski definition) is 0. The van der Waals surface area contributed by atoms with Crippen molar-refractivity contribution < 1.29 is 13.7 Å². The van der Waals surface area contributed by atoms with E-state index >= 15 is 0 Å². The van der Waals surface area contributed by atoms with Gasteiger partial charge in [-0.25, -0.2) is 8.78 Å². The number of nitriles is 1. The van der Waals surface area contributed by atoms with Crippen LogP contribution in [0.4, 0.5) is 8.78 Å². The molecule has 0 aliphatic heterocycles. The largest absolute Gasteiger partial charge is 0.265 e. The molecule has 0 heterocycles. The predicted molar refractivity (Wildman–Crippen MR) is 50.0 cm³/mol. The van der Waals surface area contributed by atoms with Crippen LogP contribution in [-0.4, -0.2) is 17.9 Å². The predicted octanol–water partition coefficient (Wildman–Crippen LogP) is 2.47. The Bertz CT molecular complexity index is 265. The monoisotopic (exact) mass is 220 g/mol. The van der Waals surface area contributed by atoms with Crippen LogP contribution < -0.4 is 0 Å². The van der Waals surface area contributed by atoms with Crippen LogP contribution in [0.2, 0.25) is 0 Å². The summed E-state index contributed by atoms with van der Waals surface area (Å²) in [7, 11) is 0. The van der Waals surface area contributed by atoms with Crippen molar-refractivity contribution in [1.29, 1.82) is 5.26 Å². The molecule has 86 valence electrons. The van der Waals surface area contributed by atoms with E-state index in [4.69, 9.17) is 5.26 Å². The molecule has 15 heavy (non-hydrogen) atoms. The number of halogens is 2. The summed E-state index contributed by atoms with van der Waals surface area (Å²) < 4.78 is 25.8. The highest BCUT2D eigenvalue weighted by Gasteiger charge is 2.48. The average molecular weight is 220 g/mol. The molecule has 0 aromatic carbocycles. The molecule has 0 aliphatic rings. The van der Waals surface area contributed by atoms with Crippen LogP contribution in [0.25, 0.3) is 0 Å². The summed E-state index contributed by atoms with van der Waals surface area (Å²) in [6, 6.07) is 1.63. The molecule has 0 bridgehead atoms. The van der Waals surface area contributed by atoms with Gasteiger partial charge in [0.15, 0.2) is 0 Å². The van der Waals surface area contributed by atoms with Crippen molar-refractivity contribution in [3.05, 3.63) is 10.1 Å². The Morgan fingerprint density at radius 2 is 2.13 bits per heavy atom. The quantitative estimate of drug-likeness (QED) is 0.510. The molecule has 0 N–H and O–H groups in total. The molecule has 4 nitrogen and oxygen atoms in total. The van der Waals surface area contributed by atoms with Gasteiger partial charge < -0.3 is 0 Å². The maximum Gasteiger partial charge on any atom is 0.251 e. The van der Waals surface area contributed by atoms with Crippen LogP contribution in [0.3, 0.4) is 0 Å². The second-order valence-corrected chi connectivity index (χ2v) is 3.67. The molecule has 2 atom stereocenters. The Hall–Kier alpha value is -1.25. The van der Waals surface area contributed by atoms with E-state index in [2.05, 4.69) is 0 Å². The maximum atomic E-state index is 12.9. The molecule has 0 aromatic heterocycles. The van der Waals surface area contributed by atoms with E-state index in [0.29, 0.717) is 6.42 Å². The van der Waals surface area contributed by atoms with Gasteiger partial charge in [0.1, 0.15) is 5.41 Å². The fourth-order valence-electron chi connectivity index (χ4n) is 1.54. The number of rotatable bonds is 6. The van der Waals surface area contributed by atoms with Gasteiger partial charge in [0.05, 0.1) is 12.5 Å². The Balaban J connectivity index is 5.07. The first-order chi connectivity index (χ1) is 6.90. The molecular weight excluding hydrogens is 206 g/mol. The van der Waals surface area contributed by atoms with Crippen molar-refractivity contribution in [3.8, 4) is 6.07 Å². The Morgan fingerprint density at radius 3 is 2.40 bits per heavy atom. The SMILES string of the molecule is CCC(C)C(CC#N)(C[N+](=O)[O-])C(F)F. The molecular formula is C9H14F2N2O2. The van der Waals surface area contributed by atoms with E-state index in [-0.39, 0.29) is 0 Å². The molecule has 0 fully saturated rings. The normalized spacial score (nSPS) is 16.8. The number of nitro groups is 1. The van der Waals surface area contributed by atoms with Crippen LogP contribution >= 0.6 is 0 Å². The van der Waals surface area contributed by atoms with Crippen LogP contribution in [-0.2, 0) is 0 Å².